The second kappa shape index (κ2) is 7.58. The topological polar surface area (TPSA) is 85.4 Å². The Kier molecular flexibility index (Phi) is 6.35. The van der Waals surface area contributed by atoms with Crippen LogP contribution in [0.25, 0.3) is 0 Å². The van der Waals surface area contributed by atoms with Crippen molar-refractivity contribution in [2.45, 2.75) is 44.3 Å². The Morgan fingerprint density at radius 3 is 2.45 bits per heavy atom. The van der Waals surface area contributed by atoms with Crippen LogP contribution in [0.15, 0.2) is 18.4 Å². The van der Waals surface area contributed by atoms with Crippen LogP contribution in [0.3, 0.4) is 0 Å². The monoisotopic (exact) mass is 312 g/mol. The Hall–Kier alpha value is -1.62. The van der Waals surface area contributed by atoms with Crippen LogP contribution in [0, 0.1) is 5.41 Å². The van der Waals surface area contributed by atoms with Gasteiger partial charge in [0.25, 0.3) is 0 Å². The molecule has 0 radical (unpaired) electrons. The second-order valence-corrected chi connectivity index (χ2v) is 5.63. The molecule has 0 amide bonds. The van der Waals surface area contributed by atoms with Crippen molar-refractivity contribution in [2.75, 3.05) is 20.8 Å². The van der Waals surface area contributed by atoms with E-state index in [0.29, 0.717) is 12.8 Å². The van der Waals surface area contributed by atoms with Crippen LogP contribution in [0.2, 0.25) is 0 Å². The number of hydrogen-bond acceptors (Lipinski definition) is 6. The SMILES string of the molecule is C=C=CCC(CC1OC1(C)CCCO)(C(=O)OC)C(=O)OC. The fourth-order valence-corrected chi connectivity index (χ4v) is 2.65. The van der Waals surface area contributed by atoms with Crippen molar-refractivity contribution in [3.05, 3.63) is 18.4 Å². The molecule has 0 aliphatic carbocycles. The van der Waals surface area contributed by atoms with Crippen molar-refractivity contribution in [2.24, 2.45) is 5.41 Å². The minimum atomic E-state index is -1.46. The Morgan fingerprint density at radius 2 is 2.00 bits per heavy atom. The molecule has 2 unspecified atom stereocenters. The number of rotatable bonds is 9. The molecule has 0 bridgehead atoms. The highest BCUT2D eigenvalue weighted by atomic mass is 16.6. The molecular weight excluding hydrogens is 288 g/mol. The van der Waals surface area contributed by atoms with E-state index in [1.807, 2.05) is 6.92 Å². The van der Waals surface area contributed by atoms with Crippen molar-refractivity contribution in [3.8, 4) is 0 Å². The number of epoxide rings is 1. The summed E-state index contributed by atoms with van der Waals surface area (Å²) in [5.41, 5.74) is 0.666. The van der Waals surface area contributed by atoms with Crippen LogP contribution in [0.4, 0.5) is 0 Å². The quantitative estimate of drug-likeness (QED) is 0.299. The van der Waals surface area contributed by atoms with E-state index in [4.69, 9.17) is 19.3 Å². The van der Waals surface area contributed by atoms with Gasteiger partial charge in [0.05, 0.1) is 25.9 Å². The Balaban J connectivity index is 2.98. The maximum atomic E-state index is 12.2. The van der Waals surface area contributed by atoms with Crippen LogP contribution in [-0.2, 0) is 23.8 Å². The molecule has 6 nitrogen and oxygen atoms in total. The lowest BCUT2D eigenvalue weighted by atomic mass is 9.77. The predicted molar refractivity (Wildman–Crippen MR) is 79.0 cm³/mol. The summed E-state index contributed by atoms with van der Waals surface area (Å²) in [6.45, 7) is 5.43. The van der Waals surface area contributed by atoms with Gasteiger partial charge in [-0.15, -0.1) is 5.73 Å². The van der Waals surface area contributed by atoms with Gasteiger partial charge in [0.2, 0.25) is 0 Å². The van der Waals surface area contributed by atoms with E-state index < -0.39 is 23.0 Å². The molecule has 1 N–H and O–H groups in total. The second-order valence-electron chi connectivity index (χ2n) is 5.63. The van der Waals surface area contributed by atoms with E-state index in [0.717, 1.165) is 0 Å². The lowest BCUT2D eigenvalue weighted by Crippen LogP contribution is -2.42. The minimum absolute atomic E-state index is 0.0734. The zero-order chi connectivity index (χ0) is 16.8. The third kappa shape index (κ3) is 3.77. The van der Waals surface area contributed by atoms with Crippen LogP contribution < -0.4 is 0 Å². The van der Waals surface area contributed by atoms with Crippen molar-refractivity contribution in [1.82, 2.24) is 0 Å². The van der Waals surface area contributed by atoms with E-state index in [-0.39, 0.29) is 25.6 Å². The highest BCUT2D eigenvalue weighted by Crippen LogP contribution is 2.48. The van der Waals surface area contributed by atoms with Crippen molar-refractivity contribution < 1.29 is 28.9 Å². The van der Waals surface area contributed by atoms with Gasteiger partial charge in [-0.05, 0) is 32.3 Å². The minimum Gasteiger partial charge on any atom is -0.468 e. The molecule has 1 fully saturated rings. The summed E-state index contributed by atoms with van der Waals surface area (Å²) in [6.07, 6.45) is 2.75. The predicted octanol–water partition coefficient (Wildman–Crippen LogP) is 1.37. The Labute approximate surface area is 130 Å². The van der Waals surface area contributed by atoms with Gasteiger partial charge in [0.15, 0.2) is 5.41 Å². The summed E-state index contributed by atoms with van der Waals surface area (Å²) in [5, 5.41) is 8.92. The largest absolute Gasteiger partial charge is 0.468 e. The number of esters is 2. The summed E-state index contributed by atoms with van der Waals surface area (Å²) in [5.74, 6) is -1.32. The van der Waals surface area contributed by atoms with Gasteiger partial charge in [0, 0.05) is 13.0 Å². The lowest BCUT2D eigenvalue weighted by Gasteiger charge is -2.26. The molecule has 0 aromatic heterocycles. The zero-order valence-electron chi connectivity index (χ0n) is 13.4. The summed E-state index contributed by atoms with van der Waals surface area (Å²) in [4.78, 5) is 24.5. The van der Waals surface area contributed by atoms with Crippen LogP contribution >= 0.6 is 0 Å². The Bertz CT molecular complexity index is 449. The number of aliphatic hydroxyl groups is 1. The standard InChI is InChI=1S/C16H24O6/c1-5-6-9-16(13(18)20-3,14(19)21-4)11-12-15(2,22-12)8-7-10-17/h6,12,17H,1,7-11H2,2-4H3. The molecule has 1 aliphatic rings. The fraction of sp³-hybridized carbons (Fsp3) is 0.688. The number of carbonyl (C=O) groups excluding carboxylic acids is 2. The molecule has 0 aromatic rings. The Morgan fingerprint density at radius 1 is 1.41 bits per heavy atom. The first kappa shape index (κ1) is 18.4. The highest BCUT2D eigenvalue weighted by Gasteiger charge is 2.59. The fourth-order valence-electron chi connectivity index (χ4n) is 2.65. The van der Waals surface area contributed by atoms with Gasteiger partial charge in [-0.1, -0.05) is 6.58 Å². The molecule has 0 spiro atoms. The molecule has 2 atom stereocenters. The van der Waals surface area contributed by atoms with E-state index >= 15 is 0 Å². The van der Waals surface area contributed by atoms with Gasteiger partial charge >= 0.3 is 11.9 Å². The molecule has 1 saturated heterocycles. The maximum absolute atomic E-state index is 12.2. The van der Waals surface area contributed by atoms with Gasteiger partial charge in [-0.25, -0.2) is 0 Å². The highest BCUT2D eigenvalue weighted by molar-refractivity contribution is 6.00. The molecule has 1 aliphatic heterocycles. The lowest BCUT2D eigenvalue weighted by molar-refractivity contribution is -0.170. The van der Waals surface area contributed by atoms with Gasteiger partial charge in [-0.3, -0.25) is 9.59 Å². The third-order valence-corrected chi connectivity index (χ3v) is 4.15. The summed E-state index contributed by atoms with van der Waals surface area (Å²) < 4.78 is 15.3. The van der Waals surface area contributed by atoms with E-state index in [9.17, 15) is 9.59 Å². The van der Waals surface area contributed by atoms with Crippen molar-refractivity contribution in [1.29, 1.82) is 0 Å². The van der Waals surface area contributed by atoms with Crippen molar-refractivity contribution in [3.63, 3.8) is 0 Å². The third-order valence-electron chi connectivity index (χ3n) is 4.15. The summed E-state index contributed by atoms with van der Waals surface area (Å²) in [6, 6.07) is 0. The molecule has 124 valence electrons. The first-order chi connectivity index (χ1) is 10.4. The van der Waals surface area contributed by atoms with E-state index in [1.165, 1.54) is 20.3 Å². The number of allylic oxidation sites excluding steroid dienone is 1. The number of hydrogen-bond donors (Lipinski definition) is 1. The zero-order valence-corrected chi connectivity index (χ0v) is 13.4. The van der Waals surface area contributed by atoms with Gasteiger partial charge in [0.1, 0.15) is 0 Å². The average Bonchev–Trinajstić information content (AvgIpc) is 3.17. The normalized spacial score (nSPS) is 23.4. The van der Waals surface area contributed by atoms with Crippen LogP contribution in [0.1, 0.15) is 32.6 Å². The molecule has 22 heavy (non-hydrogen) atoms. The number of aliphatic hydroxyl groups excluding tert-OH is 1. The maximum Gasteiger partial charge on any atom is 0.323 e. The van der Waals surface area contributed by atoms with E-state index in [2.05, 4.69) is 12.3 Å². The number of carbonyl (C=O) groups is 2. The molecule has 0 aromatic carbocycles. The molecule has 6 heteroatoms. The molecular formula is C16H24O6. The van der Waals surface area contributed by atoms with E-state index in [1.54, 1.807) is 0 Å². The molecule has 1 rings (SSSR count). The summed E-state index contributed by atoms with van der Waals surface area (Å²) >= 11 is 0. The average molecular weight is 312 g/mol. The van der Waals surface area contributed by atoms with Crippen LogP contribution in [-0.4, -0.2) is 49.6 Å². The molecule has 0 saturated carbocycles. The van der Waals surface area contributed by atoms with Gasteiger partial charge in [-0.2, -0.15) is 0 Å². The number of methoxy groups -OCH3 is 2. The first-order valence-electron chi connectivity index (χ1n) is 7.20. The first-order valence-corrected chi connectivity index (χ1v) is 7.20. The summed E-state index contributed by atoms with van der Waals surface area (Å²) in [7, 11) is 2.47. The number of ether oxygens (including phenoxy) is 3. The smallest absolute Gasteiger partial charge is 0.323 e. The van der Waals surface area contributed by atoms with Crippen molar-refractivity contribution >= 4 is 11.9 Å². The van der Waals surface area contributed by atoms with Crippen LogP contribution in [0.5, 0.6) is 0 Å². The van der Waals surface area contributed by atoms with Gasteiger partial charge < -0.3 is 19.3 Å². The molecule has 1 heterocycles.